The Bertz CT molecular complexity index is 534. The van der Waals surface area contributed by atoms with Gasteiger partial charge in [0.1, 0.15) is 5.60 Å². The Hall–Kier alpha value is -1.14. The van der Waals surface area contributed by atoms with Crippen molar-refractivity contribution in [1.29, 1.82) is 0 Å². The second-order valence-corrected chi connectivity index (χ2v) is 9.81. The van der Waals surface area contributed by atoms with Crippen molar-refractivity contribution < 1.29 is 28.5 Å². The third-order valence-electron chi connectivity index (χ3n) is 6.72. The van der Waals surface area contributed by atoms with Crippen LogP contribution in [0.15, 0.2) is 0 Å². The quantitative estimate of drug-likeness (QED) is 0.239. The average molecular weight is 429 g/mol. The van der Waals surface area contributed by atoms with E-state index in [1.807, 2.05) is 20.8 Å². The SMILES string of the molecule is CCC(C)(C)OC(=O)C1CCC(C(=O)OC(C)OCCOC(C)C(C)(C)CC)CC1. The zero-order valence-corrected chi connectivity index (χ0v) is 20.4. The Morgan fingerprint density at radius 1 is 0.833 bits per heavy atom. The van der Waals surface area contributed by atoms with Crippen LogP contribution >= 0.6 is 0 Å². The Morgan fingerprint density at radius 3 is 1.83 bits per heavy atom. The zero-order chi connectivity index (χ0) is 22.9. The summed E-state index contributed by atoms with van der Waals surface area (Å²) in [6.07, 6.45) is 3.95. The maximum atomic E-state index is 12.4. The van der Waals surface area contributed by atoms with Crippen LogP contribution in [0.5, 0.6) is 0 Å². The van der Waals surface area contributed by atoms with Crippen molar-refractivity contribution in [2.24, 2.45) is 17.3 Å². The van der Waals surface area contributed by atoms with Gasteiger partial charge in [-0.1, -0.05) is 27.7 Å². The highest BCUT2D eigenvalue weighted by Gasteiger charge is 2.34. The Balaban J connectivity index is 2.28. The third-order valence-corrected chi connectivity index (χ3v) is 6.72. The van der Waals surface area contributed by atoms with E-state index in [1.54, 1.807) is 6.92 Å². The lowest BCUT2D eigenvalue weighted by Gasteiger charge is -2.31. The van der Waals surface area contributed by atoms with Crippen molar-refractivity contribution in [2.75, 3.05) is 13.2 Å². The van der Waals surface area contributed by atoms with E-state index >= 15 is 0 Å². The standard InChI is InChI=1S/C24H44O6/c1-9-23(5,6)17(3)27-15-16-28-18(4)29-21(25)19-11-13-20(14-12-19)22(26)30-24(7,8)10-2/h17-20H,9-16H2,1-8H3. The van der Waals surface area contributed by atoms with Crippen LogP contribution in [0.2, 0.25) is 0 Å². The van der Waals surface area contributed by atoms with Gasteiger partial charge in [0.25, 0.3) is 0 Å². The van der Waals surface area contributed by atoms with Gasteiger partial charge in [0.2, 0.25) is 0 Å². The van der Waals surface area contributed by atoms with Gasteiger partial charge in [0.05, 0.1) is 31.2 Å². The van der Waals surface area contributed by atoms with E-state index in [0.717, 1.165) is 12.8 Å². The fraction of sp³-hybridized carbons (Fsp3) is 0.917. The highest BCUT2D eigenvalue weighted by molar-refractivity contribution is 5.75. The Morgan fingerprint density at radius 2 is 1.33 bits per heavy atom. The van der Waals surface area contributed by atoms with Gasteiger partial charge in [-0.25, -0.2) is 0 Å². The van der Waals surface area contributed by atoms with Crippen LogP contribution in [-0.2, 0) is 28.5 Å². The molecule has 30 heavy (non-hydrogen) atoms. The van der Waals surface area contributed by atoms with Crippen molar-refractivity contribution in [3.63, 3.8) is 0 Å². The third kappa shape index (κ3) is 8.93. The maximum Gasteiger partial charge on any atom is 0.311 e. The lowest BCUT2D eigenvalue weighted by atomic mass is 9.82. The van der Waals surface area contributed by atoms with Gasteiger partial charge in [-0.05, 0) is 71.6 Å². The van der Waals surface area contributed by atoms with E-state index in [4.69, 9.17) is 18.9 Å². The number of esters is 2. The first-order chi connectivity index (χ1) is 13.9. The van der Waals surface area contributed by atoms with Gasteiger partial charge >= 0.3 is 11.9 Å². The monoisotopic (exact) mass is 428 g/mol. The van der Waals surface area contributed by atoms with E-state index in [1.165, 1.54) is 0 Å². The minimum Gasteiger partial charge on any atom is -0.459 e. The van der Waals surface area contributed by atoms with E-state index in [-0.39, 0.29) is 35.3 Å². The molecule has 1 aliphatic carbocycles. The smallest absolute Gasteiger partial charge is 0.311 e. The molecule has 0 aromatic heterocycles. The fourth-order valence-corrected chi connectivity index (χ4v) is 3.24. The number of rotatable bonds is 12. The maximum absolute atomic E-state index is 12.4. The zero-order valence-electron chi connectivity index (χ0n) is 20.4. The molecule has 6 nitrogen and oxygen atoms in total. The molecule has 0 amide bonds. The minimum absolute atomic E-state index is 0.121. The summed E-state index contributed by atoms with van der Waals surface area (Å²) in [5, 5.41) is 0. The molecular formula is C24H44O6. The molecule has 176 valence electrons. The van der Waals surface area contributed by atoms with Crippen molar-refractivity contribution in [1.82, 2.24) is 0 Å². The molecule has 2 atom stereocenters. The van der Waals surface area contributed by atoms with Crippen LogP contribution in [0, 0.1) is 17.3 Å². The lowest BCUT2D eigenvalue weighted by molar-refractivity contribution is -0.185. The second-order valence-electron chi connectivity index (χ2n) is 9.81. The predicted molar refractivity (Wildman–Crippen MR) is 117 cm³/mol. The summed E-state index contributed by atoms with van der Waals surface area (Å²) in [4.78, 5) is 24.8. The molecule has 1 aliphatic rings. The highest BCUT2D eigenvalue weighted by Crippen LogP contribution is 2.32. The highest BCUT2D eigenvalue weighted by atomic mass is 16.7. The number of ether oxygens (including phenoxy) is 4. The molecule has 1 rings (SSSR count). The topological polar surface area (TPSA) is 71.1 Å². The summed E-state index contributed by atoms with van der Waals surface area (Å²) in [5.74, 6) is -0.698. The molecule has 0 radical (unpaired) electrons. The summed E-state index contributed by atoms with van der Waals surface area (Å²) in [7, 11) is 0. The first-order valence-electron chi connectivity index (χ1n) is 11.6. The number of carbonyl (C=O) groups is 2. The van der Waals surface area contributed by atoms with Gasteiger partial charge < -0.3 is 18.9 Å². The Kier molecular flexibility index (Phi) is 10.8. The summed E-state index contributed by atoms with van der Waals surface area (Å²) < 4.78 is 22.5. The first-order valence-corrected chi connectivity index (χ1v) is 11.6. The molecule has 2 unspecified atom stereocenters. The number of carbonyl (C=O) groups excluding carboxylic acids is 2. The summed E-state index contributed by atoms with van der Waals surface area (Å²) in [5.41, 5.74) is -0.316. The molecule has 0 aromatic rings. The van der Waals surface area contributed by atoms with Gasteiger partial charge in [-0.3, -0.25) is 9.59 Å². The summed E-state index contributed by atoms with van der Waals surface area (Å²) >= 11 is 0. The molecular weight excluding hydrogens is 384 g/mol. The lowest BCUT2D eigenvalue weighted by Crippen LogP contribution is -2.34. The van der Waals surface area contributed by atoms with Crippen LogP contribution < -0.4 is 0 Å². The van der Waals surface area contributed by atoms with Crippen LogP contribution in [0.4, 0.5) is 0 Å². The molecule has 1 saturated carbocycles. The van der Waals surface area contributed by atoms with Crippen LogP contribution in [0.3, 0.4) is 0 Å². The van der Waals surface area contributed by atoms with Crippen molar-refractivity contribution in [3.05, 3.63) is 0 Å². The fourth-order valence-electron chi connectivity index (χ4n) is 3.24. The molecule has 6 heteroatoms. The van der Waals surface area contributed by atoms with Gasteiger partial charge in [0, 0.05) is 0 Å². The van der Waals surface area contributed by atoms with E-state index in [9.17, 15) is 9.59 Å². The Labute approximate surface area is 183 Å². The molecule has 0 saturated heterocycles. The van der Waals surface area contributed by atoms with Gasteiger partial charge in [0.15, 0.2) is 6.29 Å². The molecule has 0 bridgehead atoms. The molecule has 0 N–H and O–H groups in total. The van der Waals surface area contributed by atoms with Crippen molar-refractivity contribution in [2.45, 2.75) is 112 Å². The largest absolute Gasteiger partial charge is 0.459 e. The van der Waals surface area contributed by atoms with Gasteiger partial charge in [-0.15, -0.1) is 0 Å². The predicted octanol–water partition coefficient (Wildman–Crippen LogP) is 5.27. The van der Waals surface area contributed by atoms with Crippen LogP contribution in [0.1, 0.15) is 93.9 Å². The average Bonchev–Trinajstić information content (AvgIpc) is 2.70. The van der Waals surface area contributed by atoms with Crippen LogP contribution in [0.25, 0.3) is 0 Å². The minimum atomic E-state index is -0.608. The molecule has 0 spiro atoms. The van der Waals surface area contributed by atoms with E-state index in [2.05, 4.69) is 27.7 Å². The molecule has 1 fully saturated rings. The van der Waals surface area contributed by atoms with E-state index < -0.39 is 11.9 Å². The van der Waals surface area contributed by atoms with Crippen molar-refractivity contribution >= 4 is 11.9 Å². The second kappa shape index (κ2) is 12.0. The van der Waals surface area contributed by atoms with Crippen molar-refractivity contribution in [3.8, 4) is 0 Å². The van der Waals surface area contributed by atoms with Gasteiger partial charge in [-0.2, -0.15) is 0 Å². The molecule has 0 aromatic carbocycles. The number of hydrogen-bond acceptors (Lipinski definition) is 6. The number of hydrogen-bond donors (Lipinski definition) is 0. The van der Waals surface area contributed by atoms with E-state index in [0.29, 0.717) is 38.9 Å². The van der Waals surface area contributed by atoms with Crippen LogP contribution in [-0.4, -0.2) is 43.1 Å². The molecule has 0 heterocycles. The summed E-state index contributed by atoms with van der Waals surface area (Å²) in [6, 6.07) is 0. The first kappa shape index (κ1) is 26.9. The molecule has 0 aliphatic heterocycles. The normalized spacial score (nSPS) is 22.3. The summed E-state index contributed by atoms with van der Waals surface area (Å²) in [6.45, 7) is 17.0.